The summed E-state index contributed by atoms with van der Waals surface area (Å²) in [7, 11) is 0. The summed E-state index contributed by atoms with van der Waals surface area (Å²) in [6.45, 7) is 4.71. The highest BCUT2D eigenvalue weighted by molar-refractivity contribution is 5.85. The highest BCUT2D eigenvalue weighted by Gasteiger charge is 2.26. The van der Waals surface area contributed by atoms with E-state index in [0.717, 1.165) is 18.7 Å². The highest BCUT2D eigenvalue weighted by atomic mass is 16.5. The Bertz CT molecular complexity index is 744. The van der Waals surface area contributed by atoms with Gasteiger partial charge in [0.25, 0.3) is 0 Å². The number of anilines is 1. The maximum atomic E-state index is 12.6. The van der Waals surface area contributed by atoms with Gasteiger partial charge in [0.15, 0.2) is 0 Å². The first-order chi connectivity index (χ1) is 13.1. The summed E-state index contributed by atoms with van der Waals surface area (Å²) in [5.74, 6) is -0.0839. The maximum Gasteiger partial charge on any atom is 0.408 e. The third-order valence-electron chi connectivity index (χ3n) is 4.63. The first kappa shape index (κ1) is 18.8. The van der Waals surface area contributed by atoms with E-state index in [2.05, 4.69) is 22.3 Å². The van der Waals surface area contributed by atoms with E-state index in [1.54, 1.807) is 11.8 Å². The summed E-state index contributed by atoms with van der Waals surface area (Å²) in [4.78, 5) is 28.6. The van der Waals surface area contributed by atoms with E-state index in [0.29, 0.717) is 13.1 Å². The number of ether oxygens (including phenoxy) is 1. The molecule has 2 amide bonds. The predicted molar refractivity (Wildman–Crippen MR) is 104 cm³/mol. The molecule has 3 rings (SSSR count). The Morgan fingerprint density at radius 2 is 1.56 bits per heavy atom. The molecule has 0 saturated carbocycles. The van der Waals surface area contributed by atoms with Gasteiger partial charge in [-0.1, -0.05) is 48.5 Å². The van der Waals surface area contributed by atoms with Gasteiger partial charge in [-0.15, -0.1) is 0 Å². The maximum absolute atomic E-state index is 12.6. The number of carbonyl (C=O) groups is 2. The number of nitrogens with one attached hydrogen (secondary N) is 1. The second-order valence-corrected chi connectivity index (χ2v) is 6.58. The third kappa shape index (κ3) is 5.23. The Kier molecular flexibility index (Phi) is 6.30. The molecule has 0 spiro atoms. The quantitative estimate of drug-likeness (QED) is 0.883. The fourth-order valence-corrected chi connectivity index (χ4v) is 3.10. The van der Waals surface area contributed by atoms with E-state index in [-0.39, 0.29) is 12.5 Å². The standard InChI is InChI=1S/C21H25N3O3/c1-17(22-21(26)27-16-18-8-4-2-5-9-18)20(25)24-14-12-23(13-15-24)19-10-6-3-7-11-19/h2-11,17H,12-16H2,1H3,(H,22,26)/t17-/m1/s1. The fourth-order valence-electron chi connectivity index (χ4n) is 3.10. The molecule has 1 N–H and O–H groups in total. The van der Waals surface area contributed by atoms with Crippen molar-refractivity contribution in [3.63, 3.8) is 0 Å². The molecule has 6 nitrogen and oxygen atoms in total. The molecule has 27 heavy (non-hydrogen) atoms. The molecule has 1 saturated heterocycles. The lowest BCUT2D eigenvalue weighted by atomic mass is 10.2. The van der Waals surface area contributed by atoms with Gasteiger partial charge in [-0.2, -0.15) is 0 Å². The molecule has 0 aromatic heterocycles. The zero-order valence-corrected chi connectivity index (χ0v) is 15.5. The molecule has 142 valence electrons. The number of benzene rings is 2. The number of para-hydroxylation sites is 1. The topological polar surface area (TPSA) is 61.9 Å². The van der Waals surface area contributed by atoms with Crippen molar-refractivity contribution in [3.8, 4) is 0 Å². The third-order valence-corrected chi connectivity index (χ3v) is 4.63. The minimum atomic E-state index is -0.614. The van der Waals surface area contributed by atoms with E-state index in [1.165, 1.54) is 5.69 Å². The zero-order chi connectivity index (χ0) is 19.1. The van der Waals surface area contributed by atoms with Crippen LogP contribution in [-0.2, 0) is 16.1 Å². The fraction of sp³-hybridized carbons (Fsp3) is 0.333. The number of alkyl carbamates (subject to hydrolysis) is 1. The number of piperazine rings is 1. The van der Waals surface area contributed by atoms with Crippen LogP contribution in [0, 0.1) is 0 Å². The number of hydrogen-bond acceptors (Lipinski definition) is 4. The van der Waals surface area contributed by atoms with Crippen molar-refractivity contribution in [1.29, 1.82) is 0 Å². The largest absolute Gasteiger partial charge is 0.445 e. The Morgan fingerprint density at radius 3 is 2.19 bits per heavy atom. The molecule has 0 bridgehead atoms. The molecular formula is C21H25N3O3. The van der Waals surface area contributed by atoms with Crippen LogP contribution in [0.1, 0.15) is 12.5 Å². The summed E-state index contributed by atoms with van der Waals surface area (Å²) in [5.41, 5.74) is 2.07. The number of hydrogen-bond donors (Lipinski definition) is 1. The van der Waals surface area contributed by atoms with E-state index in [4.69, 9.17) is 4.74 Å². The lowest BCUT2D eigenvalue weighted by molar-refractivity contribution is -0.133. The molecule has 1 aliphatic rings. The summed E-state index contributed by atoms with van der Waals surface area (Å²) in [6.07, 6.45) is -0.581. The molecule has 2 aromatic rings. The molecule has 0 radical (unpaired) electrons. The van der Waals surface area contributed by atoms with Crippen molar-refractivity contribution >= 4 is 17.7 Å². The monoisotopic (exact) mass is 367 g/mol. The SMILES string of the molecule is C[C@@H](NC(=O)OCc1ccccc1)C(=O)N1CCN(c2ccccc2)CC1. The summed E-state index contributed by atoms with van der Waals surface area (Å²) in [5, 5.41) is 2.62. The van der Waals surface area contributed by atoms with Gasteiger partial charge in [-0.25, -0.2) is 4.79 Å². The first-order valence-electron chi connectivity index (χ1n) is 9.19. The summed E-state index contributed by atoms with van der Waals surface area (Å²) < 4.78 is 5.18. The number of nitrogens with zero attached hydrogens (tertiary/aromatic N) is 2. The van der Waals surface area contributed by atoms with Gasteiger partial charge in [0.05, 0.1) is 0 Å². The molecule has 1 aliphatic heterocycles. The minimum absolute atomic E-state index is 0.0839. The Labute approximate surface area is 159 Å². The van der Waals surface area contributed by atoms with Crippen LogP contribution in [0.2, 0.25) is 0 Å². The van der Waals surface area contributed by atoms with Crippen LogP contribution < -0.4 is 10.2 Å². The van der Waals surface area contributed by atoms with Crippen LogP contribution >= 0.6 is 0 Å². The summed E-state index contributed by atoms with van der Waals surface area (Å²) in [6, 6.07) is 19.0. The average molecular weight is 367 g/mol. The van der Waals surface area contributed by atoms with Gasteiger partial charge in [-0.05, 0) is 24.6 Å². The van der Waals surface area contributed by atoms with Crippen molar-refractivity contribution in [2.75, 3.05) is 31.1 Å². The predicted octanol–water partition coefficient (Wildman–Crippen LogP) is 2.65. The van der Waals surface area contributed by atoms with Gasteiger partial charge >= 0.3 is 6.09 Å². The first-order valence-corrected chi connectivity index (χ1v) is 9.19. The number of amides is 2. The van der Waals surface area contributed by atoms with Crippen LogP contribution in [0.4, 0.5) is 10.5 Å². The van der Waals surface area contributed by atoms with Crippen LogP contribution in [0.5, 0.6) is 0 Å². The van der Waals surface area contributed by atoms with Gasteiger partial charge in [0.2, 0.25) is 5.91 Å². The van der Waals surface area contributed by atoms with Gasteiger partial charge in [0.1, 0.15) is 12.6 Å². The van der Waals surface area contributed by atoms with Crippen LogP contribution in [0.15, 0.2) is 60.7 Å². The highest BCUT2D eigenvalue weighted by Crippen LogP contribution is 2.16. The minimum Gasteiger partial charge on any atom is -0.445 e. The summed E-state index contributed by atoms with van der Waals surface area (Å²) >= 11 is 0. The van der Waals surface area contributed by atoms with Crippen molar-refractivity contribution in [2.24, 2.45) is 0 Å². The van der Waals surface area contributed by atoms with Crippen molar-refractivity contribution in [1.82, 2.24) is 10.2 Å². The van der Waals surface area contributed by atoms with Crippen LogP contribution in [0.25, 0.3) is 0 Å². The van der Waals surface area contributed by atoms with Gasteiger partial charge in [0, 0.05) is 31.9 Å². The Morgan fingerprint density at radius 1 is 0.963 bits per heavy atom. The van der Waals surface area contributed by atoms with E-state index in [9.17, 15) is 9.59 Å². The molecule has 2 aromatic carbocycles. The average Bonchev–Trinajstić information content (AvgIpc) is 2.73. The van der Waals surface area contributed by atoms with Crippen molar-refractivity contribution in [3.05, 3.63) is 66.2 Å². The molecule has 0 aliphatic carbocycles. The van der Waals surface area contributed by atoms with Gasteiger partial charge in [-0.3, -0.25) is 4.79 Å². The molecule has 1 heterocycles. The van der Waals surface area contributed by atoms with Crippen molar-refractivity contribution < 1.29 is 14.3 Å². The normalized spacial score (nSPS) is 15.1. The Balaban J connectivity index is 1.43. The smallest absolute Gasteiger partial charge is 0.408 e. The Hall–Kier alpha value is -3.02. The molecule has 0 unspecified atom stereocenters. The van der Waals surface area contributed by atoms with Gasteiger partial charge < -0.3 is 19.9 Å². The second-order valence-electron chi connectivity index (χ2n) is 6.58. The molecular weight excluding hydrogens is 342 g/mol. The molecule has 1 fully saturated rings. The van der Waals surface area contributed by atoms with Crippen molar-refractivity contribution in [2.45, 2.75) is 19.6 Å². The lowest BCUT2D eigenvalue weighted by Gasteiger charge is -2.37. The van der Waals surface area contributed by atoms with E-state index in [1.807, 2.05) is 48.5 Å². The van der Waals surface area contributed by atoms with E-state index < -0.39 is 12.1 Å². The number of rotatable bonds is 5. The van der Waals surface area contributed by atoms with E-state index >= 15 is 0 Å². The number of carbonyl (C=O) groups excluding carboxylic acids is 2. The second kappa shape index (κ2) is 9.07. The molecule has 6 heteroatoms. The van der Waals surface area contributed by atoms with Crippen LogP contribution in [0.3, 0.4) is 0 Å². The zero-order valence-electron chi connectivity index (χ0n) is 15.5. The molecule has 1 atom stereocenters. The lowest BCUT2D eigenvalue weighted by Crippen LogP contribution is -2.54. The van der Waals surface area contributed by atoms with Crippen LogP contribution in [-0.4, -0.2) is 49.1 Å².